The number of rotatable bonds is 4. The first-order valence-corrected chi connectivity index (χ1v) is 11.7. The van der Waals surface area contributed by atoms with E-state index in [9.17, 15) is 9.59 Å². The lowest BCUT2D eigenvalue weighted by atomic mass is 10.0. The summed E-state index contributed by atoms with van der Waals surface area (Å²) in [5.74, 6) is -0.150. The van der Waals surface area contributed by atoms with Crippen LogP contribution >= 0.6 is 11.6 Å². The van der Waals surface area contributed by atoms with Crippen LogP contribution < -0.4 is 5.32 Å². The number of carbonyl (C=O) groups excluding carboxylic acids is 2. The number of aromatic nitrogens is 2. The Hall–Kier alpha value is -3.12. The van der Waals surface area contributed by atoms with Crippen LogP contribution in [-0.4, -0.2) is 39.1 Å². The van der Waals surface area contributed by atoms with Gasteiger partial charge in [-0.15, -0.1) is 0 Å². The van der Waals surface area contributed by atoms with E-state index in [1.54, 1.807) is 28.9 Å². The number of aryl methyl sites for hydroxylation is 2. The van der Waals surface area contributed by atoms with E-state index in [4.69, 9.17) is 11.6 Å². The first-order chi connectivity index (χ1) is 15.8. The van der Waals surface area contributed by atoms with Gasteiger partial charge in [0.05, 0.1) is 22.1 Å². The molecule has 0 spiro atoms. The zero-order valence-electron chi connectivity index (χ0n) is 19.5. The van der Waals surface area contributed by atoms with Gasteiger partial charge >= 0.3 is 0 Å². The largest absolute Gasteiger partial charge is 0.336 e. The van der Waals surface area contributed by atoms with E-state index in [-0.39, 0.29) is 17.9 Å². The molecule has 3 aromatic rings. The van der Waals surface area contributed by atoms with Gasteiger partial charge in [-0.1, -0.05) is 11.6 Å². The minimum atomic E-state index is -0.209. The van der Waals surface area contributed by atoms with E-state index < -0.39 is 0 Å². The molecule has 1 saturated heterocycles. The molecular formula is C26H29ClN4O2. The Kier molecular flexibility index (Phi) is 6.56. The molecule has 1 aliphatic rings. The van der Waals surface area contributed by atoms with Crippen molar-refractivity contribution >= 4 is 29.1 Å². The maximum Gasteiger partial charge on any atom is 0.255 e. The van der Waals surface area contributed by atoms with Crippen molar-refractivity contribution in [3.8, 4) is 5.69 Å². The zero-order chi connectivity index (χ0) is 23.7. The number of hydrogen-bond acceptors (Lipinski definition) is 3. The topological polar surface area (TPSA) is 67.2 Å². The van der Waals surface area contributed by atoms with Gasteiger partial charge in [0.1, 0.15) is 0 Å². The molecule has 172 valence electrons. The van der Waals surface area contributed by atoms with Gasteiger partial charge in [-0.05, 0) is 95.0 Å². The number of anilines is 1. The molecule has 0 radical (unpaired) electrons. The summed E-state index contributed by atoms with van der Waals surface area (Å²) in [5, 5.41) is 8.05. The molecule has 2 aromatic carbocycles. The lowest BCUT2D eigenvalue weighted by Crippen LogP contribution is -2.42. The summed E-state index contributed by atoms with van der Waals surface area (Å²) >= 11 is 6.25. The Labute approximate surface area is 199 Å². The number of benzene rings is 2. The van der Waals surface area contributed by atoms with Crippen molar-refractivity contribution < 1.29 is 9.59 Å². The molecule has 0 saturated carbocycles. The summed E-state index contributed by atoms with van der Waals surface area (Å²) in [6, 6.07) is 12.9. The summed E-state index contributed by atoms with van der Waals surface area (Å²) in [7, 11) is 0. The van der Waals surface area contributed by atoms with E-state index in [1.807, 2.05) is 43.9 Å². The molecule has 1 atom stereocenters. The van der Waals surface area contributed by atoms with Gasteiger partial charge in [-0.2, -0.15) is 5.10 Å². The zero-order valence-corrected chi connectivity index (χ0v) is 20.2. The second kappa shape index (κ2) is 9.40. The summed E-state index contributed by atoms with van der Waals surface area (Å²) in [6.07, 6.45) is 3.27. The van der Waals surface area contributed by atoms with E-state index in [1.165, 1.54) is 6.42 Å². The van der Waals surface area contributed by atoms with E-state index in [2.05, 4.69) is 17.3 Å². The second-order valence-electron chi connectivity index (χ2n) is 8.77. The Morgan fingerprint density at radius 1 is 1.03 bits per heavy atom. The molecule has 2 amide bonds. The van der Waals surface area contributed by atoms with Crippen molar-refractivity contribution in [3.05, 3.63) is 75.6 Å². The van der Waals surface area contributed by atoms with Gasteiger partial charge in [0, 0.05) is 29.4 Å². The Morgan fingerprint density at radius 3 is 2.33 bits per heavy atom. The molecule has 1 aromatic heterocycles. The number of halogens is 1. The van der Waals surface area contributed by atoms with Crippen molar-refractivity contribution in [2.45, 2.75) is 53.0 Å². The maximum absolute atomic E-state index is 12.9. The lowest BCUT2D eigenvalue weighted by Gasteiger charge is -2.33. The minimum Gasteiger partial charge on any atom is -0.336 e. The molecule has 33 heavy (non-hydrogen) atoms. The molecule has 2 heterocycles. The van der Waals surface area contributed by atoms with Gasteiger partial charge < -0.3 is 10.2 Å². The summed E-state index contributed by atoms with van der Waals surface area (Å²) < 4.78 is 1.77. The van der Waals surface area contributed by atoms with Crippen LogP contribution in [0, 0.1) is 20.8 Å². The highest BCUT2D eigenvalue weighted by Crippen LogP contribution is 2.24. The van der Waals surface area contributed by atoms with Gasteiger partial charge in [-0.3, -0.25) is 9.59 Å². The third-order valence-corrected chi connectivity index (χ3v) is 6.91. The van der Waals surface area contributed by atoms with Crippen molar-refractivity contribution in [2.75, 3.05) is 11.9 Å². The van der Waals surface area contributed by atoms with E-state index in [0.717, 1.165) is 42.0 Å². The third kappa shape index (κ3) is 4.67. The molecule has 4 rings (SSSR count). The fourth-order valence-electron chi connectivity index (χ4n) is 4.33. The fourth-order valence-corrected chi connectivity index (χ4v) is 4.44. The first-order valence-electron chi connectivity index (χ1n) is 11.3. The highest BCUT2D eigenvalue weighted by molar-refractivity contribution is 6.31. The second-order valence-corrected chi connectivity index (χ2v) is 9.15. The lowest BCUT2D eigenvalue weighted by molar-refractivity contribution is 0.0635. The molecule has 1 aliphatic heterocycles. The Morgan fingerprint density at radius 2 is 1.73 bits per heavy atom. The monoisotopic (exact) mass is 464 g/mol. The molecule has 0 aliphatic carbocycles. The third-order valence-electron chi connectivity index (χ3n) is 6.36. The van der Waals surface area contributed by atoms with Crippen LogP contribution in [0.25, 0.3) is 5.69 Å². The van der Waals surface area contributed by atoms with Crippen molar-refractivity contribution in [2.24, 2.45) is 0 Å². The first kappa shape index (κ1) is 23.1. The van der Waals surface area contributed by atoms with Crippen molar-refractivity contribution in [3.63, 3.8) is 0 Å². The van der Waals surface area contributed by atoms with Gasteiger partial charge in [0.15, 0.2) is 0 Å². The van der Waals surface area contributed by atoms with Crippen LogP contribution in [0.1, 0.15) is 63.9 Å². The molecule has 1 fully saturated rings. The number of carbonyl (C=O) groups is 2. The standard InChI is InChI=1S/C26H29ClN4O2/c1-16-15-21(26(33)30-14-6-5-7-17(30)2)10-13-23(16)28-25(32)20-8-11-22(12-9-20)31-19(4)24(27)18(3)29-31/h8-13,15,17H,5-7,14H2,1-4H3,(H,28,32). The van der Waals surface area contributed by atoms with Gasteiger partial charge in [0.2, 0.25) is 0 Å². The van der Waals surface area contributed by atoms with E-state index >= 15 is 0 Å². The minimum absolute atomic E-state index is 0.0584. The van der Waals surface area contributed by atoms with Crippen LogP contribution in [0.5, 0.6) is 0 Å². The van der Waals surface area contributed by atoms with Crippen molar-refractivity contribution in [1.29, 1.82) is 0 Å². The average molecular weight is 465 g/mol. The smallest absolute Gasteiger partial charge is 0.255 e. The summed E-state index contributed by atoms with van der Waals surface area (Å²) in [4.78, 5) is 27.7. The van der Waals surface area contributed by atoms with Gasteiger partial charge in [-0.25, -0.2) is 4.68 Å². The number of likely N-dealkylation sites (tertiary alicyclic amines) is 1. The van der Waals surface area contributed by atoms with Crippen LogP contribution in [0.2, 0.25) is 5.02 Å². The predicted molar refractivity (Wildman–Crippen MR) is 132 cm³/mol. The van der Waals surface area contributed by atoms with Gasteiger partial charge in [0.25, 0.3) is 11.8 Å². The molecule has 6 nitrogen and oxygen atoms in total. The van der Waals surface area contributed by atoms with Crippen LogP contribution in [-0.2, 0) is 0 Å². The molecule has 1 unspecified atom stereocenters. The number of nitrogens with zero attached hydrogens (tertiary/aromatic N) is 3. The molecule has 1 N–H and O–H groups in total. The number of amides is 2. The van der Waals surface area contributed by atoms with E-state index in [0.29, 0.717) is 21.8 Å². The summed E-state index contributed by atoms with van der Waals surface area (Å²) in [5.41, 5.74) is 5.20. The summed E-state index contributed by atoms with van der Waals surface area (Å²) in [6.45, 7) is 8.58. The highest BCUT2D eigenvalue weighted by atomic mass is 35.5. The van der Waals surface area contributed by atoms with Crippen LogP contribution in [0.4, 0.5) is 5.69 Å². The number of nitrogens with one attached hydrogen (secondary N) is 1. The molecule has 7 heteroatoms. The Balaban J connectivity index is 1.47. The maximum atomic E-state index is 12.9. The van der Waals surface area contributed by atoms with Crippen molar-refractivity contribution in [1.82, 2.24) is 14.7 Å². The number of hydrogen-bond donors (Lipinski definition) is 1. The highest BCUT2D eigenvalue weighted by Gasteiger charge is 2.24. The average Bonchev–Trinajstić information content (AvgIpc) is 3.07. The fraction of sp³-hybridized carbons (Fsp3) is 0.346. The SMILES string of the molecule is Cc1cc(C(=O)N2CCCCC2C)ccc1NC(=O)c1ccc(-n2nc(C)c(Cl)c2C)cc1. The normalized spacial score (nSPS) is 16.0. The predicted octanol–water partition coefficient (Wildman–Crippen LogP) is 5.72. The molecular weight excluding hydrogens is 436 g/mol. The molecule has 0 bridgehead atoms. The number of piperidine rings is 1. The van der Waals surface area contributed by atoms with Crippen LogP contribution in [0.3, 0.4) is 0 Å². The quantitative estimate of drug-likeness (QED) is 0.537. The van der Waals surface area contributed by atoms with Crippen LogP contribution in [0.15, 0.2) is 42.5 Å². The Bertz CT molecular complexity index is 1200.